The predicted octanol–water partition coefficient (Wildman–Crippen LogP) is 2.79. The Morgan fingerprint density at radius 3 is 3.00 bits per heavy atom. The first-order valence-corrected chi connectivity index (χ1v) is 5.00. The topological polar surface area (TPSA) is 26.3 Å². The van der Waals surface area contributed by atoms with Gasteiger partial charge in [0.1, 0.15) is 0 Å². The van der Waals surface area contributed by atoms with Crippen molar-refractivity contribution in [3.05, 3.63) is 34.2 Å². The predicted molar refractivity (Wildman–Crippen MR) is 54.2 cm³/mol. The number of hydrogen-bond acceptors (Lipinski definition) is 3. The summed E-state index contributed by atoms with van der Waals surface area (Å²) in [5.74, 6) is 0.0148. The third-order valence-corrected chi connectivity index (χ3v) is 2.60. The van der Waals surface area contributed by atoms with Gasteiger partial charge in [0, 0.05) is 6.08 Å². The van der Waals surface area contributed by atoms with Gasteiger partial charge in [0.2, 0.25) is 0 Å². The molecule has 0 saturated carbocycles. The number of rotatable bonds is 4. The molecule has 1 aromatic rings. The Balaban J connectivity index is 2.64. The summed E-state index contributed by atoms with van der Waals surface area (Å²) in [4.78, 5) is 12.2. The molecule has 0 aliphatic carbocycles. The number of ether oxygens (including phenoxy) is 1. The van der Waals surface area contributed by atoms with Crippen molar-refractivity contribution in [3.8, 4) is 0 Å². The van der Waals surface area contributed by atoms with Gasteiger partial charge in [-0.3, -0.25) is 4.79 Å². The summed E-state index contributed by atoms with van der Waals surface area (Å²) < 4.78 is 4.95. The molecule has 2 nitrogen and oxygen atoms in total. The minimum atomic E-state index is 0.0148. The molecular formula is C10H12O2S. The SMILES string of the molecule is CCOC=CC(=O)c1sccc1C. The minimum absolute atomic E-state index is 0.0148. The van der Waals surface area contributed by atoms with Crippen molar-refractivity contribution in [2.75, 3.05) is 6.61 Å². The highest BCUT2D eigenvalue weighted by Crippen LogP contribution is 2.16. The number of aryl methyl sites for hydroxylation is 1. The van der Waals surface area contributed by atoms with Crippen LogP contribution in [0, 0.1) is 6.92 Å². The Morgan fingerprint density at radius 1 is 1.69 bits per heavy atom. The van der Waals surface area contributed by atoms with Crippen molar-refractivity contribution in [1.82, 2.24) is 0 Å². The van der Waals surface area contributed by atoms with Crippen LogP contribution in [0.25, 0.3) is 0 Å². The van der Waals surface area contributed by atoms with Crippen LogP contribution in [0.15, 0.2) is 23.8 Å². The Bertz CT molecular complexity index is 312. The van der Waals surface area contributed by atoms with E-state index in [9.17, 15) is 4.79 Å². The van der Waals surface area contributed by atoms with Crippen molar-refractivity contribution in [1.29, 1.82) is 0 Å². The van der Waals surface area contributed by atoms with E-state index in [-0.39, 0.29) is 5.78 Å². The molecule has 0 N–H and O–H groups in total. The number of allylic oxidation sites excluding steroid dienone is 1. The number of thiophene rings is 1. The van der Waals surface area contributed by atoms with Crippen LogP contribution in [-0.2, 0) is 4.74 Å². The average Bonchev–Trinajstić information content (AvgIpc) is 2.52. The van der Waals surface area contributed by atoms with Gasteiger partial charge in [-0.05, 0) is 30.9 Å². The van der Waals surface area contributed by atoms with E-state index < -0.39 is 0 Å². The summed E-state index contributed by atoms with van der Waals surface area (Å²) in [7, 11) is 0. The lowest BCUT2D eigenvalue weighted by atomic mass is 10.2. The van der Waals surface area contributed by atoms with Crippen molar-refractivity contribution in [2.45, 2.75) is 13.8 Å². The first-order chi connectivity index (χ1) is 6.25. The molecule has 13 heavy (non-hydrogen) atoms. The van der Waals surface area contributed by atoms with Crippen LogP contribution in [0.5, 0.6) is 0 Å². The standard InChI is InChI=1S/C10H12O2S/c1-3-12-6-4-9(11)10-8(2)5-7-13-10/h4-7H,3H2,1-2H3. The highest BCUT2D eigenvalue weighted by Gasteiger charge is 2.06. The molecular weight excluding hydrogens is 184 g/mol. The molecule has 0 aliphatic heterocycles. The van der Waals surface area contributed by atoms with Gasteiger partial charge in [0.05, 0.1) is 17.7 Å². The van der Waals surface area contributed by atoms with Crippen LogP contribution >= 0.6 is 11.3 Å². The molecule has 1 rings (SSSR count). The third-order valence-electron chi connectivity index (χ3n) is 1.57. The van der Waals surface area contributed by atoms with Crippen LogP contribution in [0.2, 0.25) is 0 Å². The minimum Gasteiger partial charge on any atom is -0.501 e. The van der Waals surface area contributed by atoms with Gasteiger partial charge in [-0.25, -0.2) is 0 Å². The zero-order valence-corrected chi connectivity index (χ0v) is 8.56. The molecule has 0 aliphatic rings. The van der Waals surface area contributed by atoms with E-state index in [0.717, 1.165) is 10.4 Å². The molecule has 0 atom stereocenters. The fourth-order valence-corrected chi connectivity index (χ4v) is 1.75. The second-order valence-electron chi connectivity index (χ2n) is 2.56. The molecule has 0 saturated heterocycles. The molecule has 70 valence electrons. The van der Waals surface area contributed by atoms with E-state index in [4.69, 9.17) is 4.74 Å². The maximum absolute atomic E-state index is 11.4. The van der Waals surface area contributed by atoms with Crippen molar-refractivity contribution in [2.24, 2.45) is 0 Å². The summed E-state index contributed by atoms with van der Waals surface area (Å²) in [6.07, 6.45) is 2.91. The maximum atomic E-state index is 11.4. The molecule has 0 aromatic carbocycles. The molecule has 0 unspecified atom stereocenters. The number of carbonyl (C=O) groups excluding carboxylic acids is 1. The summed E-state index contributed by atoms with van der Waals surface area (Å²) in [6.45, 7) is 4.40. The van der Waals surface area contributed by atoms with Gasteiger partial charge in [-0.2, -0.15) is 0 Å². The second kappa shape index (κ2) is 4.82. The van der Waals surface area contributed by atoms with Gasteiger partial charge in [-0.1, -0.05) is 0 Å². The highest BCUT2D eigenvalue weighted by atomic mass is 32.1. The largest absolute Gasteiger partial charge is 0.501 e. The lowest BCUT2D eigenvalue weighted by molar-refractivity contribution is 0.104. The van der Waals surface area contributed by atoms with Crippen LogP contribution in [0.1, 0.15) is 22.2 Å². The fourth-order valence-electron chi connectivity index (χ4n) is 0.907. The lowest BCUT2D eigenvalue weighted by Gasteiger charge is -1.93. The van der Waals surface area contributed by atoms with Crippen molar-refractivity contribution < 1.29 is 9.53 Å². The third kappa shape index (κ3) is 2.70. The average molecular weight is 196 g/mol. The summed E-state index contributed by atoms with van der Waals surface area (Å²) in [5.41, 5.74) is 1.02. The monoisotopic (exact) mass is 196 g/mol. The molecule has 0 amide bonds. The van der Waals surface area contributed by atoms with Crippen LogP contribution in [0.3, 0.4) is 0 Å². The van der Waals surface area contributed by atoms with Gasteiger partial charge in [0.25, 0.3) is 0 Å². The number of hydrogen-bond donors (Lipinski definition) is 0. The molecule has 0 spiro atoms. The van der Waals surface area contributed by atoms with E-state index in [0.29, 0.717) is 6.61 Å². The van der Waals surface area contributed by atoms with Crippen LogP contribution in [0.4, 0.5) is 0 Å². The molecule has 0 radical (unpaired) electrons. The summed E-state index contributed by atoms with van der Waals surface area (Å²) >= 11 is 1.46. The number of carbonyl (C=O) groups is 1. The zero-order valence-electron chi connectivity index (χ0n) is 7.74. The Labute approximate surface area is 81.8 Å². The molecule has 1 aromatic heterocycles. The number of ketones is 1. The summed E-state index contributed by atoms with van der Waals surface area (Å²) in [5, 5.41) is 1.91. The van der Waals surface area contributed by atoms with Gasteiger partial charge >= 0.3 is 0 Å². The Morgan fingerprint density at radius 2 is 2.46 bits per heavy atom. The molecule has 3 heteroatoms. The molecule has 0 fully saturated rings. The second-order valence-corrected chi connectivity index (χ2v) is 3.47. The zero-order chi connectivity index (χ0) is 9.68. The molecule has 1 heterocycles. The maximum Gasteiger partial charge on any atom is 0.199 e. The highest BCUT2D eigenvalue weighted by molar-refractivity contribution is 7.12. The van der Waals surface area contributed by atoms with Crippen molar-refractivity contribution >= 4 is 17.1 Å². The van der Waals surface area contributed by atoms with E-state index in [1.165, 1.54) is 23.7 Å². The molecule has 0 bridgehead atoms. The van der Waals surface area contributed by atoms with Gasteiger partial charge in [0.15, 0.2) is 5.78 Å². The smallest absolute Gasteiger partial charge is 0.199 e. The lowest BCUT2D eigenvalue weighted by Crippen LogP contribution is -1.92. The fraction of sp³-hybridized carbons (Fsp3) is 0.300. The van der Waals surface area contributed by atoms with E-state index >= 15 is 0 Å². The van der Waals surface area contributed by atoms with Crippen LogP contribution < -0.4 is 0 Å². The summed E-state index contributed by atoms with van der Waals surface area (Å²) in [6, 6.07) is 1.94. The van der Waals surface area contributed by atoms with Crippen LogP contribution in [-0.4, -0.2) is 12.4 Å². The first kappa shape index (κ1) is 9.99. The van der Waals surface area contributed by atoms with Crippen molar-refractivity contribution in [3.63, 3.8) is 0 Å². The van der Waals surface area contributed by atoms with E-state index in [2.05, 4.69) is 0 Å². The quantitative estimate of drug-likeness (QED) is 0.420. The first-order valence-electron chi connectivity index (χ1n) is 4.12. The van der Waals surface area contributed by atoms with E-state index in [1.54, 1.807) is 0 Å². The Hall–Kier alpha value is -1.09. The normalized spacial score (nSPS) is 10.6. The van der Waals surface area contributed by atoms with Gasteiger partial charge in [-0.15, -0.1) is 11.3 Å². The Kier molecular flexibility index (Phi) is 3.71. The van der Waals surface area contributed by atoms with E-state index in [1.807, 2.05) is 25.3 Å². The van der Waals surface area contributed by atoms with Gasteiger partial charge < -0.3 is 4.74 Å².